The first-order valence-corrected chi connectivity index (χ1v) is 7.18. The molecule has 2 aromatic carbocycles. The number of benzene rings is 2. The fraction of sp³-hybridized carbons (Fsp3) is 0.263. The minimum absolute atomic E-state index is 0.762. The molecule has 2 aromatic rings. The van der Waals surface area contributed by atoms with Gasteiger partial charge in [-0.2, -0.15) is 0 Å². The molecule has 124 valence electrons. The lowest BCUT2D eigenvalue weighted by Crippen LogP contribution is -1.84. The third-order valence-corrected chi connectivity index (χ3v) is 2.83. The maximum atomic E-state index is 10.3. The average molecular weight is 315 g/mol. The molecule has 0 fully saturated rings. The van der Waals surface area contributed by atoms with Crippen molar-refractivity contribution in [1.29, 1.82) is 0 Å². The Hall–Kier alpha value is -2.46. The summed E-state index contributed by atoms with van der Waals surface area (Å²) in [6, 6.07) is 11.8. The second-order valence-corrected chi connectivity index (χ2v) is 5.20. The first-order chi connectivity index (χ1) is 10.9. The number of aldehydes is 1. The smallest absolute Gasteiger partial charge is 0.150 e. The Labute approximate surface area is 138 Å². The van der Waals surface area contributed by atoms with E-state index >= 15 is 0 Å². The lowest BCUT2D eigenvalue weighted by atomic mass is 10.1. The van der Waals surface area contributed by atoms with Crippen molar-refractivity contribution in [1.82, 2.24) is 0 Å². The first-order valence-electron chi connectivity index (χ1n) is 7.18. The van der Waals surface area contributed by atoms with Gasteiger partial charge < -0.3 is 10.3 Å². The van der Waals surface area contributed by atoms with Gasteiger partial charge in [-0.05, 0) is 45.4 Å². The van der Waals surface area contributed by atoms with Crippen molar-refractivity contribution in [2.24, 2.45) is 5.16 Å². The fourth-order valence-corrected chi connectivity index (χ4v) is 2.23. The summed E-state index contributed by atoms with van der Waals surface area (Å²) >= 11 is 0. The summed E-state index contributed by atoms with van der Waals surface area (Å²) < 4.78 is 0. The van der Waals surface area contributed by atoms with Crippen LogP contribution in [0.2, 0.25) is 0 Å². The molecule has 0 saturated carbocycles. The van der Waals surface area contributed by atoms with Gasteiger partial charge in [0.15, 0.2) is 0 Å². The number of carbonyl (C=O) groups excluding carboxylic acids is 1. The topological polar surface area (TPSA) is 69.9 Å². The molecular formula is C19H25NO3. The Balaban J connectivity index is 0.000000381. The van der Waals surface area contributed by atoms with Crippen LogP contribution in [0.1, 0.15) is 38.2 Å². The summed E-state index contributed by atoms with van der Waals surface area (Å²) in [7, 11) is 1.00. The van der Waals surface area contributed by atoms with Crippen LogP contribution >= 0.6 is 0 Å². The molecule has 2 N–H and O–H groups in total. The summed E-state index contributed by atoms with van der Waals surface area (Å²) in [5, 5.41) is 18.2. The van der Waals surface area contributed by atoms with Gasteiger partial charge in [0.25, 0.3) is 0 Å². The van der Waals surface area contributed by atoms with E-state index < -0.39 is 0 Å². The van der Waals surface area contributed by atoms with Crippen molar-refractivity contribution in [3.05, 3.63) is 69.8 Å². The Bertz CT molecular complexity index is 609. The van der Waals surface area contributed by atoms with Crippen molar-refractivity contribution in [3.63, 3.8) is 0 Å². The average Bonchev–Trinajstić information content (AvgIpc) is 2.48. The van der Waals surface area contributed by atoms with E-state index in [1.54, 1.807) is 0 Å². The number of aliphatic hydroxyl groups excluding tert-OH is 1. The van der Waals surface area contributed by atoms with Crippen LogP contribution in [0.3, 0.4) is 0 Å². The van der Waals surface area contributed by atoms with Gasteiger partial charge in [0.05, 0.1) is 6.21 Å². The molecule has 0 aliphatic carbocycles. The second-order valence-electron chi connectivity index (χ2n) is 5.20. The molecule has 2 rings (SSSR count). The van der Waals surface area contributed by atoms with Gasteiger partial charge in [-0.1, -0.05) is 51.7 Å². The summed E-state index contributed by atoms with van der Waals surface area (Å²) in [4.78, 5) is 10.3. The van der Waals surface area contributed by atoms with Crippen LogP contribution in [0.5, 0.6) is 0 Å². The molecule has 0 radical (unpaired) electrons. The molecule has 0 saturated heterocycles. The molecule has 0 atom stereocenters. The SMILES string of the molecule is CO.Cc1cc(C)cc(/C=N\O)c1.Cc1cc(C)cc(C=O)c1. The summed E-state index contributed by atoms with van der Waals surface area (Å²) in [5.74, 6) is 0. The van der Waals surface area contributed by atoms with E-state index in [-0.39, 0.29) is 0 Å². The molecule has 0 aromatic heterocycles. The van der Waals surface area contributed by atoms with Crippen LogP contribution in [0.15, 0.2) is 41.6 Å². The quantitative estimate of drug-likeness (QED) is 0.383. The largest absolute Gasteiger partial charge is 0.411 e. The van der Waals surface area contributed by atoms with E-state index in [4.69, 9.17) is 10.3 Å². The van der Waals surface area contributed by atoms with E-state index in [2.05, 4.69) is 11.2 Å². The van der Waals surface area contributed by atoms with Gasteiger partial charge in [-0.25, -0.2) is 0 Å². The highest BCUT2D eigenvalue weighted by Gasteiger charge is 1.92. The normalized spacial score (nSPS) is 9.48. The summed E-state index contributed by atoms with van der Waals surface area (Å²) in [6.07, 6.45) is 2.31. The van der Waals surface area contributed by atoms with Gasteiger partial charge in [0, 0.05) is 12.7 Å². The third kappa shape index (κ3) is 8.53. The highest BCUT2D eigenvalue weighted by molar-refractivity contribution is 5.79. The molecule has 23 heavy (non-hydrogen) atoms. The molecule has 0 heterocycles. The van der Waals surface area contributed by atoms with E-state index in [1.807, 2.05) is 58.0 Å². The zero-order chi connectivity index (χ0) is 17.8. The number of rotatable bonds is 2. The van der Waals surface area contributed by atoms with E-state index in [0.29, 0.717) is 0 Å². The molecule has 4 nitrogen and oxygen atoms in total. The van der Waals surface area contributed by atoms with Gasteiger partial charge >= 0.3 is 0 Å². The molecule has 0 bridgehead atoms. The number of aryl methyl sites for hydroxylation is 4. The second kappa shape index (κ2) is 11.2. The highest BCUT2D eigenvalue weighted by Crippen LogP contribution is 2.06. The molecule has 0 spiro atoms. The minimum Gasteiger partial charge on any atom is -0.411 e. The predicted molar refractivity (Wildman–Crippen MR) is 94.7 cm³/mol. The van der Waals surface area contributed by atoms with Crippen LogP contribution in [0, 0.1) is 27.7 Å². The number of nitrogens with zero attached hydrogens (tertiary/aromatic N) is 1. The molecule has 0 aliphatic rings. The standard InChI is InChI=1S/C9H11NO.C9H10O.CH4O/c1-7-3-8(2)5-9(4-7)6-10-11;1-7-3-8(2)5-9(4-7)6-10;1-2/h3-6,11H,1-2H3;3-6H,1-2H3;2H,1H3/b10-6-;;. The predicted octanol–water partition coefficient (Wildman–Crippen LogP) is 3.84. The van der Waals surface area contributed by atoms with Crippen molar-refractivity contribution < 1.29 is 15.1 Å². The molecule has 0 unspecified atom stereocenters. The van der Waals surface area contributed by atoms with Crippen LogP contribution in [0.4, 0.5) is 0 Å². The minimum atomic E-state index is 0.762. The monoisotopic (exact) mass is 315 g/mol. The van der Waals surface area contributed by atoms with Crippen molar-refractivity contribution in [2.75, 3.05) is 7.11 Å². The van der Waals surface area contributed by atoms with Gasteiger partial charge in [0.1, 0.15) is 6.29 Å². The number of aliphatic hydroxyl groups is 1. The van der Waals surface area contributed by atoms with Crippen LogP contribution in [0.25, 0.3) is 0 Å². The number of hydrogen-bond acceptors (Lipinski definition) is 4. The Morgan fingerprint density at radius 1 is 0.739 bits per heavy atom. The molecule has 4 heteroatoms. The summed E-state index contributed by atoms with van der Waals surface area (Å²) in [5.41, 5.74) is 6.34. The molecule has 0 amide bonds. The fourth-order valence-electron chi connectivity index (χ4n) is 2.23. The molecular weight excluding hydrogens is 290 g/mol. The van der Waals surface area contributed by atoms with Gasteiger partial charge in [-0.15, -0.1) is 0 Å². The Morgan fingerprint density at radius 2 is 1.09 bits per heavy atom. The third-order valence-electron chi connectivity index (χ3n) is 2.83. The first kappa shape index (κ1) is 20.5. The van der Waals surface area contributed by atoms with Crippen LogP contribution < -0.4 is 0 Å². The van der Waals surface area contributed by atoms with Gasteiger partial charge in [-0.3, -0.25) is 4.79 Å². The lowest BCUT2D eigenvalue weighted by molar-refractivity contribution is 0.112. The van der Waals surface area contributed by atoms with Crippen molar-refractivity contribution in [2.45, 2.75) is 27.7 Å². The number of oxime groups is 1. The van der Waals surface area contributed by atoms with Crippen LogP contribution in [-0.4, -0.2) is 29.9 Å². The Kier molecular flexibility index (Phi) is 9.96. The zero-order valence-corrected chi connectivity index (χ0v) is 14.4. The number of hydrogen-bond donors (Lipinski definition) is 2. The van der Waals surface area contributed by atoms with E-state index in [0.717, 1.165) is 35.6 Å². The Morgan fingerprint density at radius 3 is 1.39 bits per heavy atom. The summed E-state index contributed by atoms with van der Waals surface area (Å²) in [6.45, 7) is 8.00. The number of carbonyl (C=O) groups is 1. The molecule has 0 aliphatic heterocycles. The maximum absolute atomic E-state index is 10.3. The highest BCUT2D eigenvalue weighted by atomic mass is 16.4. The maximum Gasteiger partial charge on any atom is 0.150 e. The van der Waals surface area contributed by atoms with E-state index in [9.17, 15) is 4.79 Å². The zero-order valence-electron chi connectivity index (χ0n) is 14.4. The van der Waals surface area contributed by atoms with Crippen LogP contribution in [-0.2, 0) is 0 Å². The van der Waals surface area contributed by atoms with E-state index in [1.165, 1.54) is 17.3 Å². The lowest BCUT2D eigenvalue weighted by Gasteiger charge is -1.97. The van der Waals surface area contributed by atoms with Gasteiger partial charge in [0.2, 0.25) is 0 Å². The van der Waals surface area contributed by atoms with Crippen molar-refractivity contribution >= 4 is 12.5 Å². The van der Waals surface area contributed by atoms with Crippen molar-refractivity contribution in [3.8, 4) is 0 Å².